The fraction of sp³-hybridized carbons (Fsp3) is 0.444. The van der Waals surface area contributed by atoms with Crippen LogP contribution in [0.1, 0.15) is 47.7 Å². The number of rotatable bonds is 3. The predicted molar refractivity (Wildman–Crippen MR) is 105 cm³/mol. The minimum Gasteiger partial charge on any atom is -0.385 e. The molecule has 1 unspecified atom stereocenters. The number of hydrogen-bond acceptors (Lipinski definition) is 5. The number of aryl methyl sites for hydroxylation is 1. The lowest BCUT2D eigenvalue weighted by Crippen LogP contribution is -2.17. The standard InChI is InChI=1S/C18H19F4N3O3S2/c1-8-13(9-5-4-6-11(9)23-14(8)18(20,21)22)24-16(26)25-30(28)15-10(19)7-12(29-15)17(2,3)27/h7,27,30H,4-6H2,1-3H3,(H,23,24,26). The van der Waals surface area contributed by atoms with Gasteiger partial charge in [0.25, 0.3) is 0 Å². The second-order valence-corrected chi connectivity index (χ2v) is 9.91. The molecule has 0 radical (unpaired) electrons. The first-order valence-electron chi connectivity index (χ1n) is 8.90. The van der Waals surface area contributed by atoms with Gasteiger partial charge >= 0.3 is 12.2 Å². The van der Waals surface area contributed by atoms with Crippen molar-refractivity contribution in [3.63, 3.8) is 0 Å². The molecule has 2 N–H and O–H groups in total. The molecule has 0 fully saturated rings. The number of carbonyl (C=O) groups excluding carboxylic acids is 1. The van der Waals surface area contributed by atoms with Crippen molar-refractivity contribution in [2.75, 3.05) is 5.32 Å². The van der Waals surface area contributed by atoms with E-state index < -0.39 is 39.9 Å². The maximum Gasteiger partial charge on any atom is 0.433 e. The molecular weight excluding hydrogens is 446 g/mol. The topological polar surface area (TPSA) is 91.7 Å². The second kappa shape index (κ2) is 7.89. The van der Waals surface area contributed by atoms with Crippen LogP contribution in [0.4, 0.5) is 28.0 Å². The molecule has 2 aromatic rings. The van der Waals surface area contributed by atoms with Crippen molar-refractivity contribution in [3.8, 4) is 0 Å². The smallest absolute Gasteiger partial charge is 0.385 e. The minimum atomic E-state index is -4.70. The Labute approximate surface area is 175 Å². The summed E-state index contributed by atoms with van der Waals surface area (Å²) < 4.78 is 69.4. The van der Waals surface area contributed by atoms with Crippen molar-refractivity contribution in [3.05, 3.63) is 39.3 Å². The lowest BCUT2D eigenvalue weighted by Gasteiger charge is -2.17. The Kier molecular flexibility index (Phi) is 5.95. The van der Waals surface area contributed by atoms with E-state index >= 15 is 0 Å². The van der Waals surface area contributed by atoms with Gasteiger partial charge in [-0.05, 0) is 51.7 Å². The maximum absolute atomic E-state index is 14.1. The third kappa shape index (κ3) is 4.49. The number of alkyl halides is 3. The Bertz CT molecular complexity index is 1100. The average Bonchev–Trinajstić information content (AvgIpc) is 3.22. The van der Waals surface area contributed by atoms with Crippen LogP contribution >= 0.6 is 11.3 Å². The summed E-state index contributed by atoms with van der Waals surface area (Å²) in [5.74, 6) is -0.880. The first-order chi connectivity index (χ1) is 13.8. The molecule has 0 aromatic carbocycles. The quantitative estimate of drug-likeness (QED) is 0.457. The van der Waals surface area contributed by atoms with Gasteiger partial charge in [0.2, 0.25) is 0 Å². The molecule has 12 heteroatoms. The van der Waals surface area contributed by atoms with Crippen LogP contribution in [0, 0.1) is 12.7 Å². The van der Waals surface area contributed by atoms with Gasteiger partial charge in [0.05, 0.1) is 21.9 Å². The lowest BCUT2D eigenvalue weighted by atomic mass is 10.1. The summed E-state index contributed by atoms with van der Waals surface area (Å²) >= 11 is 0.711. The van der Waals surface area contributed by atoms with Gasteiger partial charge in [-0.1, -0.05) is 0 Å². The summed E-state index contributed by atoms with van der Waals surface area (Å²) in [5, 5.41) is 12.2. The highest BCUT2D eigenvalue weighted by Gasteiger charge is 2.37. The first-order valence-corrected chi connectivity index (χ1v) is 10.9. The Morgan fingerprint density at radius 3 is 2.57 bits per heavy atom. The van der Waals surface area contributed by atoms with Crippen LogP contribution < -0.4 is 5.32 Å². The molecule has 6 nitrogen and oxygen atoms in total. The number of aliphatic hydroxyl groups is 1. The van der Waals surface area contributed by atoms with Crippen LogP contribution in [-0.4, -0.2) is 20.3 Å². The third-order valence-corrected chi connectivity index (χ3v) is 7.49. The summed E-state index contributed by atoms with van der Waals surface area (Å²) in [4.78, 5) is 16.2. The monoisotopic (exact) mass is 465 g/mol. The number of pyridine rings is 1. The number of carbonyl (C=O) groups is 1. The zero-order valence-electron chi connectivity index (χ0n) is 16.2. The molecule has 1 atom stereocenters. The van der Waals surface area contributed by atoms with Crippen LogP contribution in [0.3, 0.4) is 0 Å². The fourth-order valence-corrected chi connectivity index (χ4v) is 5.24. The fourth-order valence-electron chi connectivity index (χ4n) is 3.18. The minimum absolute atomic E-state index is 0.0502. The van der Waals surface area contributed by atoms with Crippen LogP contribution in [0.2, 0.25) is 0 Å². The van der Waals surface area contributed by atoms with Crippen molar-refractivity contribution >= 4 is 33.7 Å². The van der Waals surface area contributed by atoms with Gasteiger partial charge in [-0.2, -0.15) is 13.2 Å². The highest BCUT2D eigenvalue weighted by atomic mass is 32.2. The molecule has 0 saturated carbocycles. The van der Waals surface area contributed by atoms with Gasteiger partial charge in [0, 0.05) is 16.1 Å². The van der Waals surface area contributed by atoms with Gasteiger partial charge in [-0.25, -0.2) is 18.4 Å². The molecule has 164 valence electrons. The zero-order chi connectivity index (χ0) is 22.4. The van der Waals surface area contributed by atoms with Crippen LogP contribution in [0.15, 0.2) is 14.6 Å². The zero-order valence-corrected chi connectivity index (χ0v) is 17.9. The summed E-state index contributed by atoms with van der Waals surface area (Å²) in [6.07, 6.45) is -3.31. The molecule has 0 saturated heterocycles. The summed E-state index contributed by atoms with van der Waals surface area (Å²) in [5.41, 5.74) is -2.02. The van der Waals surface area contributed by atoms with Crippen LogP contribution in [0.5, 0.6) is 0 Å². The molecule has 2 amide bonds. The number of urea groups is 1. The molecule has 1 aliphatic carbocycles. The van der Waals surface area contributed by atoms with Crippen molar-refractivity contribution in [2.45, 2.75) is 56.0 Å². The van der Waals surface area contributed by atoms with Crippen LogP contribution in [-0.2, 0) is 35.2 Å². The number of fused-ring (bicyclic) bond motifs is 1. The number of amides is 2. The van der Waals surface area contributed by atoms with Crippen molar-refractivity contribution < 1.29 is 31.7 Å². The van der Waals surface area contributed by atoms with E-state index in [-0.39, 0.29) is 26.0 Å². The lowest BCUT2D eigenvalue weighted by molar-refractivity contribution is -0.141. The SMILES string of the molecule is Cc1c(C(F)(F)F)nc2c(c1NC(=O)/N=[SH](=O)/c1sc(C(C)(C)O)cc1F)CCC2. The van der Waals surface area contributed by atoms with Gasteiger partial charge in [0.15, 0.2) is 5.82 Å². The highest BCUT2D eigenvalue weighted by Crippen LogP contribution is 2.39. The molecule has 0 bridgehead atoms. The molecule has 1 aliphatic rings. The van der Waals surface area contributed by atoms with E-state index in [0.717, 1.165) is 6.07 Å². The number of thiophene rings is 1. The maximum atomic E-state index is 14.1. The Morgan fingerprint density at radius 2 is 2.00 bits per heavy atom. The van der Waals surface area contributed by atoms with E-state index in [0.29, 0.717) is 36.2 Å². The van der Waals surface area contributed by atoms with Crippen molar-refractivity contribution in [1.82, 2.24) is 4.98 Å². The van der Waals surface area contributed by atoms with Crippen molar-refractivity contribution in [2.24, 2.45) is 4.36 Å². The van der Waals surface area contributed by atoms with Gasteiger partial charge in [-0.3, -0.25) is 0 Å². The normalized spacial score (nSPS) is 15.3. The van der Waals surface area contributed by atoms with Gasteiger partial charge < -0.3 is 10.4 Å². The van der Waals surface area contributed by atoms with E-state index in [1.165, 1.54) is 20.8 Å². The highest BCUT2D eigenvalue weighted by molar-refractivity contribution is 7.78. The number of hydrogen-bond donors (Lipinski definition) is 3. The van der Waals surface area contributed by atoms with Crippen LogP contribution in [0.25, 0.3) is 0 Å². The van der Waals surface area contributed by atoms with Gasteiger partial charge in [0.1, 0.15) is 9.90 Å². The number of halogens is 4. The molecule has 30 heavy (non-hydrogen) atoms. The molecular formula is C18H19F4N3O3S2. The van der Waals surface area contributed by atoms with E-state index in [1.807, 2.05) is 0 Å². The summed E-state index contributed by atoms with van der Waals surface area (Å²) in [6, 6.07) is -0.138. The molecule has 2 aromatic heterocycles. The largest absolute Gasteiger partial charge is 0.433 e. The predicted octanol–water partition coefficient (Wildman–Crippen LogP) is 4.58. The van der Waals surface area contributed by atoms with E-state index in [1.54, 1.807) is 0 Å². The Morgan fingerprint density at radius 1 is 1.33 bits per heavy atom. The summed E-state index contributed by atoms with van der Waals surface area (Å²) in [6.45, 7) is 4.03. The number of aromatic nitrogens is 1. The van der Waals surface area contributed by atoms with Crippen molar-refractivity contribution in [1.29, 1.82) is 0 Å². The average molecular weight is 465 g/mol. The molecule has 0 aliphatic heterocycles. The number of anilines is 1. The third-order valence-electron chi connectivity index (χ3n) is 4.60. The summed E-state index contributed by atoms with van der Waals surface area (Å²) in [7, 11) is -2.85. The van der Waals surface area contributed by atoms with E-state index in [4.69, 9.17) is 0 Å². The second-order valence-electron chi connectivity index (χ2n) is 7.36. The number of nitrogens with one attached hydrogen (secondary N) is 1. The van der Waals surface area contributed by atoms with E-state index in [2.05, 4.69) is 14.7 Å². The Hall–Kier alpha value is -2.05. The number of thiol groups is 1. The Balaban J connectivity index is 1.95. The molecule has 0 spiro atoms. The number of nitrogens with zero attached hydrogens (tertiary/aromatic N) is 2. The molecule has 2 heterocycles. The van der Waals surface area contributed by atoms with Gasteiger partial charge in [-0.15, -0.1) is 15.7 Å². The first kappa shape index (κ1) is 22.6. The molecule has 3 rings (SSSR count). The van der Waals surface area contributed by atoms with E-state index in [9.17, 15) is 31.7 Å².